The van der Waals surface area contributed by atoms with Gasteiger partial charge in [0.1, 0.15) is 0 Å². The molecule has 0 aromatic rings. The van der Waals surface area contributed by atoms with Gasteiger partial charge in [0.05, 0.1) is 6.61 Å². The molecule has 0 amide bonds. The number of unbranched alkanes of at least 4 members (excludes halogenated alkanes) is 17. The molecule has 0 saturated heterocycles. The van der Waals surface area contributed by atoms with Crippen LogP contribution < -0.4 is 29.6 Å². The minimum atomic E-state index is -4.60. The van der Waals surface area contributed by atoms with E-state index in [4.69, 9.17) is 0 Å². The van der Waals surface area contributed by atoms with Gasteiger partial charge in [-0.3, -0.25) is 4.18 Å². The van der Waals surface area contributed by atoms with Gasteiger partial charge in [0.25, 0.3) is 0 Å². The van der Waals surface area contributed by atoms with Gasteiger partial charge in [0.2, 0.25) is 10.4 Å². The van der Waals surface area contributed by atoms with Crippen molar-refractivity contribution in [2.45, 2.75) is 142 Å². The van der Waals surface area contributed by atoms with E-state index >= 15 is 0 Å². The molecular formula is C26H51NaO4S. The predicted octanol–water partition coefficient (Wildman–Crippen LogP) is 5.48. The normalized spacial score (nSPS) is 12.8. The molecule has 0 aromatic carbocycles. The van der Waals surface area contributed by atoms with Crippen molar-refractivity contribution in [3.8, 4) is 0 Å². The quantitative estimate of drug-likeness (QED) is 0.0600. The standard InChI is InChI=1S/C26H52O4S.Na/c1-3-5-7-9-10-11-12-13-14-15-16-17-18-20-22-24-26(25-30-31(27,28)29)23-21-19-8-6-4-2;/h21,23,26H,3-20,22,24-25H2,1-2H3,(H,27,28,29);/q;+1/p-1/b23-21+;. The molecule has 6 heteroatoms. The van der Waals surface area contributed by atoms with E-state index in [0.717, 1.165) is 25.7 Å². The van der Waals surface area contributed by atoms with E-state index < -0.39 is 10.4 Å². The maximum Gasteiger partial charge on any atom is 1.00 e. The summed E-state index contributed by atoms with van der Waals surface area (Å²) in [6.07, 6.45) is 29.6. The van der Waals surface area contributed by atoms with Crippen LogP contribution in [0.5, 0.6) is 0 Å². The van der Waals surface area contributed by atoms with Crippen LogP contribution in [0.2, 0.25) is 0 Å². The van der Waals surface area contributed by atoms with E-state index in [1.807, 2.05) is 6.08 Å². The molecule has 0 radical (unpaired) electrons. The Morgan fingerprint density at radius 2 is 1.09 bits per heavy atom. The van der Waals surface area contributed by atoms with Crippen molar-refractivity contribution < 1.29 is 46.7 Å². The third kappa shape index (κ3) is 28.6. The molecule has 0 spiro atoms. The molecule has 0 heterocycles. The molecule has 0 bridgehead atoms. The van der Waals surface area contributed by atoms with E-state index in [0.29, 0.717) is 0 Å². The Morgan fingerprint density at radius 3 is 1.53 bits per heavy atom. The molecule has 186 valence electrons. The van der Waals surface area contributed by atoms with Gasteiger partial charge in [0, 0.05) is 5.92 Å². The summed E-state index contributed by atoms with van der Waals surface area (Å²) >= 11 is 0. The second-order valence-electron chi connectivity index (χ2n) is 9.12. The average molecular weight is 483 g/mol. The zero-order chi connectivity index (χ0) is 23.0. The largest absolute Gasteiger partial charge is 1.00 e. The Labute approximate surface area is 223 Å². The fourth-order valence-corrected chi connectivity index (χ4v) is 4.33. The minimum absolute atomic E-state index is 0. The van der Waals surface area contributed by atoms with Gasteiger partial charge in [-0.25, -0.2) is 8.42 Å². The molecular weight excluding hydrogens is 431 g/mol. The number of allylic oxidation sites excluding steroid dienone is 1. The SMILES string of the molecule is CCCCC/C=C/C(CCCCCCCCCCCCCCCCC)COS(=O)(=O)[O-].[Na+]. The third-order valence-corrected chi connectivity index (χ3v) is 6.41. The average Bonchev–Trinajstić information content (AvgIpc) is 2.73. The first-order valence-corrected chi connectivity index (χ1v) is 14.6. The van der Waals surface area contributed by atoms with Gasteiger partial charge >= 0.3 is 29.6 Å². The Morgan fingerprint density at radius 1 is 0.688 bits per heavy atom. The van der Waals surface area contributed by atoms with Crippen LogP contribution >= 0.6 is 0 Å². The Kier molecular flexibility index (Phi) is 28.5. The molecule has 0 aliphatic rings. The fourth-order valence-electron chi connectivity index (χ4n) is 3.98. The maximum absolute atomic E-state index is 10.8. The first kappa shape index (κ1) is 34.8. The minimum Gasteiger partial charge on any atom is -0.726 e. The van der Waals surface area contributed by atoms with Gasteiger partial charge in [-0.05, 0) is 19.3 Å². The summed E-state index contributed by atoms with van der Waals surface area (Å²) in [4.78, 5) is 0. The Bertz CT molecular complexity index is 494. The van der Waals surface area contributed by atoms with Gasteiger partial charge in [-0.2, -0.15) is 0 Å². The molecule has 32 heavy (non-hydrogen) atoms. The van der Waals surface area contributed by atoms with E-state index in [2.05, 4.69) is 24.1 Å². The van der Waals surface area contributed by atoms with Crippen molar-refractivity contribution in [3.63, 3.8) is 0 Å². The first-order valence-electron chi connectivity index (χ1n) is 13.3. The van der Waals surface area contributed by atoms with Crippen LogP contribution in [0.4, 0.5) is 0 Å². The topological polar surface area (TPSA) is 66.4 Å². The van der Waals surface area contributed by atoms with Crippen LogP contribution in [0.1, 0.15) is 142 Å². The smallest absolute Gasteiger partial charge is 0.726 e. The van der Waals surface area contributed by atoms with Crippen molar-refractivity contribution in [1.82, 2.24) is 0 Å². The first-order chi connectivity index (χ1) is 15.0. The van der Waals surface area contributed by atoms with Gasteiger partial charge in [-0.15, -0.1) is 0 Å². The fraction of sp³-hybridized carbons (Fsp3) is 0.923. The summed E-state index contributed by atoms with van der Waals surface area (Å²) in [7, 11) is -4.60. The number of hydrogen-bond acceptors (Lipinski definition) is 4. The summed E-state index contributed by atoms with van der Waals surface area (Å²) in [6.45, 7) is 4.43. The Hall–Kier alpha value is 0.610. The monoisotopic (exact) mass is 482 g/mol. The van der Waals surface area contributed by atoms with Crippen molar-refractivity contribution >= 4 is 10.4 Å². The summed E-state index contributed by atoms with van der Waals surface area (Å²) < 4.78 is 36.8. The molecule has 1 unspecified atom stereocenters. The van der Waals surface area contributed by atoms with Crippen LogP contribution in [-0.2, 0) is 14.6 Å². The van der Waals surface area contributed by atoms with Crippen LogP contribution in [-0.4, -0.2) is 19.6 Å². The maximum atomic E-state index is 10.8. The summed E-state index contributed by atoms with van der Waals surface area (Å²) in [5.41, 5.74) is 0. The zero-order valence-corrected chi connectivity index (χ0v) is 24.4. The van der Waals surface area contributed by atoms with E-state index in [9.17, 15) is 13.0 Å². The molecule has 0 saturated carbocycles. The van der Waals surface area contributed by atoms with Crippen LogP contribution in [0.25, 0.3) is 0 Å². The van der Waals surface area contributed by atoms with Crippen molar-refractivity contribution in [2.75, 3.05) is 6.61 Å². The molecule has 0 N–H and O–H groups in total. The van der Waals surface area contributed by atoms with Crippen LogP contribution in [0.3, 0.4) is 0 Å². The zero-order valence-electron chi connectivity index (χ0n) is 21.6. The summed E-state index contributed by atoms with van der Waals surface area (Å²) in [5, 5.41) is 0. The molecule has 1 atom stereocenters. The van der Waals surface area contributed by atoms with Crippen LogP contribution in [0, 0.1) is 5.92 Å². The van der Waals surface area contributed by atoms with E-state index in [1.54, 1.807) is 0 Å². The molecule has 0 aliphatic heterocycles. The van der Waals surface area contributed by atoms with E-state index in [1.165, 1.54) is 103 Å². The third-order valence-electron chi connectivity index (χ3n) is 5.99. The van der Waals surface area contributed by atoms with Gasteiger partial charge < -0.3 is 4.55 Å². The Balaban J connectivity index is 0. The van der Waals surface area contributed by atoms with Crippen LogP contribution in [0.15, 0.2) is 12.2 Å². The second-order valence-corrected chi connectivity index (χ2v) is 10.2. The van der Waals surface area contributed by atoms with Crippen molar-refractivity contribution in [1.29, 1.82) is 0 Å². The predicted molar refractivity (Wildman–Crippen MR) is 132 cm³/mol. The van der Waals surface area contributed by atoms with Gasteiger partial charge in [-0.1, -0.05) is 135 Å². The van der Waals surface area contributed by atoms with Gasteiger partial charge in [0.15, 0.2) is 0 Å². The van der Waals surface area contributed by atoms with E-state index in [-0.39, 0.29) is 42.1 Å². The number of rotatable bonds is 24. The van der Waals surface area contributed by atoms with Crippen molar-refractivity contribution in [2.24, 2.45) is 5.92 Å². The molecule has 0 aliphatic carbocycles. The number of hydrogen-bond donors (Lipinski definition) is 0. The molecule has 0 fully saturated rings. The molecule has 0 aromatic heterocycles. The van der Waals surface area contributed by atoms with Crippen molar-refractivity contribution in [3.05, 3.63) is 12.2 Å². The summed E-state index contributed by atoms with van der Waals surface area (Å²) in [5.74, 6) is 0.0207. The molecule has 0 rings (SSSR count). The second kappa shape index (κ2) is 26.2. The summed E-state index contributed by atoms with van der Waals surface area (Å²) in [6, 6.07) is 0. The molecule has 4 nitrogen and oxygen atoms in total.